The highest BCUT2D eigenvalue weighted by Gasteiger charge is 2.33. The summed E-state index contributed by atoms with van der Waals surface area (Å²) >= 11 is 0. The molecule has 0 fully saturated rings. The van der Waals surface area contributed by atoms with Crippen molar-refractivity contribution in [1.82, 2.24) is 10.2 Å². The maximum atomic E-state index is 14.2. The minimum absolute atomic E-state index is 0.135. The highest BCUT2D eigenvalue weighted by molar-refractivity contribution is 7.92. The van der Waals surface area contributed by atoms with Gasteiger partial charge in [-0.2, -0.15) is 0 Å². The third-order valence-electron chi connectivity index (χ3n) is 7.09. The minimum Gasteiger partial charge on any atom is -0.457 e. The average Bonchev–Trinajstić information content (AvgIpc) is 2.99. The topological polar surface area (TPSA) is 96.0 Å². The smallest absolute Gasteiger partial charge is 0.244 e. The second-order valence-corrected chi connectivity index (χ2v) is 12.9. The Morgan fingerprint density at radius 1 is 0.795 bits per heavy atom. The number of ether oxygens (including phenoxy) is 1. The van der Waals surface area contributed by atoms with Crippen LogP contribution in [0.2, 0.25) is 0 Å². The predicted molar refractivity (Wildman–Crippen MR) is 174 cm³/mol. The molecule has 0 heterocycles. The summed E-state index contributed by atoms with van der Waals surface area (Å²) in [7, 11) is -3.88. The Bertz CT molecular complexity index is 1640. The Morgan fingerprint density at radius 2 is 1.36 bits per heavy atom. The van der Waals surface area contributed by atoms with E-state index in [0.717, 1.165) is 27.3 Å². The number of aryl methyl sites for hydroxylation is 1. The monoisotopic (exact) mass is 613 g/mol. The highest BCUT2D eigenvalue weighted by Crippen LogP contribution is 2.26. The number of amides is 2. The molecule has 0 aliphatic rings. The first kappa shape index (κ1) is 32.3. The molecule has 230 valence electrons. The second-order valence-electron chi connectivity index (χ2n) is 11.0. The predicted octanol–water partition coefficient (Wildman–Crippen LogP) is 5.72. The number of rotatable bonds is 13. The molecule has 0 unspecified atom stereocenters. The quantitative estimate of drug-likeness (QED) is 0.208. The van der Waals surface area contributed by atoms with Gasteiger partial charge in [0.15, 0.2) is 0 Å². The van der Waals surface area contributed by atoms with E-state index in [4.69, 9.17) is 4.74 Å². The van der Waals surface area contributed by atoms with Gasteiger partial charge in [-0.1, -0.05) is 72.8 Å². The number of carbonyl (C=O) groups excluding carboxylic acids is 2. The number of benzene rings is 4. The van der Waals surface area contributed by atoms with Gasteiger partial charge in [0.1, 0.15) is 24.1 Å². The molecule has 2 amide bonds. The lowest BCUT2D eigenvalue weighted by Crippen LogP contribution is -2.54. The summed E-state index contributed by atoms with van der Waals surface area (Å²) in [6.45, 7) is 5.32. The van der Waals surface area contributed by atoms with E-state index in [0.29, 0.717) is 17.2 Å². The number of sulfonamides is 1. The molecule has 4 rings (SSSR count). The average molecular weight is 614 g/mol. The van der Waals surface area contributed by atoms with Gasteiger partial charge in [0.2, 0.25) is 21.8 Å². The van der Waals surface area contributed by atoms with Gasteiger partial charge >= 0.3 is 0 Å². The van der Waals surface area contributed by atoms with Gasteiger partial charge in [-0.25, -0.2) is 8.42 Å². The molecular weight excluding hydrogens is 574 g/mol. The summed E-state index contributed by atoms with van der Waals surface area (Å²) in [5.41, 5.74) is 3.02. The molecule has 4 aromatic rings. The minimum atomic E-state index is -3.88. The summed E-state index contributed by atoms with van der Waals surface area (Å²) < 4.78 is 33.0. The van der Waals surface area contributed by atoms with Gasteiger partial charge in [0.05, 0.1) is 11.9 Å². The Labute approximate surface area is 260 Å². The number of nitrogens with one attached hydrogen (secondary N) is 1. The van der Waals surface area contributed by atoms with Gasteiger partial charge in [-0.05, 0) is 73.9 Å². The molecule has 0 aromatic heterocycles. The van der Waals surface area contributed by atoms with E-state index >= 15 is 0 Å². The molecule has 0 aliphatic heterocycles. The van der Waals surface area contributed by atoms with Crippen LogP contribution in [0, 0.1) is 6.92 Å². The number of carbonyl (C=O) groups is 2. The molecule has 0 bridgehead atoms. The zero-order valence-corrected chi connectivity index (χ0v) is 26.3. The molecule has 44 heavy (non-hydrogen) atoms. The standard InChI is InChI=1S/C35H39N3O5S/c1-26(2)36-35(40)33(23-28-14-7-5-8-15-28)37(24-29-16-12-11-13-27(29)3)34(39)25-38(44(4,41)42)30-19-21-32(22-20-30)43-31-17-9-6-10-18-31/h5-22,26,33H,23-25H2,1-4H3,(H,36,40)/t33-/m0/s1. The van der Waals surface area contributed by atoms with Crippen molar-refractivity contribution < 1.29 is 22.7 Å². The number of hydrogen-bond donors (Lipinski definition) is 1. The summed E-state index contributed by atoms with van der Waals surface area (Å²) in [5, 5.41) is 2.96. The van der Waals surface area contributed by atoms with Crippen molar-refractivity contribution in [2.24, 2.45) is 0 Å². The highest BCUT2D eigenvalue weighted by atomic mass is 32.2. The fourth-order valence-electron chi connectivity index (χ4n) is 4.82. The van der Waals surface area contributed by atoms with Crippen LogP contribution in [-0.2, 0) is 32.6 Å². The van der Waals surface area contributed by atoms with Crippen LogP contribution in [0.3, 0.4) is 0 Å². The Kier molecular flexibility index (Phi) is 10.8. The molecule has 0 spiro atoms. The molecule has 4 aromatic carbocycles. The van der Waals surface area contributed by atoms with E-state index in [-0.39, 0.29) is 24.9 Å². The van der Waals surface area contributed by atoms with Crippen LogP contribution in [0.4, 0.5) is 5.69 Å². The van der Waals surface area contributed by atoms with Gasteiger partial charge in [-0.15, -0.1) is 0 Å². The van der Waals surface area contributed by atoms with Crippen LogP contribution in [0.25, 0.3) is 0 Å². The van der Waals surface area contributed by atoms with Gasteiger partial charge in [0.25, 0.3) is 0 Å². The van der Waals surface area contributed by atoms with E-state index in [2.05, 4.69) is 5.32 Å². The van der Waals surface area contributed by atoms with Crippen LogP contribution in [0.15, 0.2) is 109 Å². The maximum absolute atomic E-state index is 14.2. The maximum Gasteiger partial charge on any atom is 0.244 e. The third kappa shape index (κ3) is 8.94. The number of nitrogens with zero attached hydrogens (tertiary/aromatic N) is 2. The van der Waals surface area contributed by atoms with Crippen LogP contribution in [0.5, 0.6) is 11.5 Å². The Morgan fingerprint density at radius 3 is 1.95 bits per heavy atom. The van der Waals surface area contributed by atoms with E-state index < -0.39 is 28.5 Å². The van der Waals surface area contributed by atoms with Crippen molar-refractivity contribution in [3.05, 3.63) is 126 Å². The SMILES string of the molecule is Cc1ccccc1CN(C(=O)CN(c1ccc(Oc2ccccc2)cc1)S(C)(=O)=O)[C@@H](Cc1ccccc1)C(=O)NC(C)C. The van der Waals surface area contributed by atoms with Gasteiger partial charge < -0.3 is 15.0 Å². The molecular formula is C35H39N3O5S. The molecule has 1 atom stereocenters. The molecule has 0 radical (unpaired) electrons. The number of para-hydroxylation sites is 1. The van der Waals surface area contributed by atoms with Crippen LogP contribution < -0.4 is 14.4 Å². The molecule has 9 heteroatoms. The summed E-state index contributed by atoms with van der Waals surface area (Å²) in [6.07, 6.45) is 1.33. The third-order valence-corrected chi connectivity index (χ3v) is 8.23. The van der Waals surface area contributed by atoms with Gasteiger partial charge in [-0.3, -0.25) is 13.9 Å². The van der Waals surface area contributed by atoms with Crippen molar-refractivity contribution in [1.29, 1.82) is 0 Å². The summed E-state index contributed by atoms with van der Waals surface area (Å²) in [5.74, 6) is 0.364. The van der Waals surface area contributed by atoms with E-state index in [1.54, 1.807) is 24.3 Å². The van der Waals surface area contributed by atoms with E-state index in [1.807, 2.05) is 106 Å². The van der Waals surface area contributed by atoms with Crippen LogP contribution in [0.1, 0.15) is 30.5 Å². The lowest BCUT2D eigenvalue weighted by atomic mass is 10.0. The van der Waals surface area contributed by atoms with E-state index in [9.17, 15) is 18.0 Å². The normalized spacial score (nSPS) is 11.9. The summed E-state index contributed by atoms with van der Waals surface area (Å²) in [4.78, 5) is 29.4. The van der Waals surface area contributed by atoms with Crippen LogP contribution >= 0.6 is 0 Å². The van der Waals surface area contributed by atoms with E-state index in [1.165, 1.54) is 4.90 Å². The molecule has 0 saturated heterocycles. The van der Waals surface area contributed by atoms with Crippen LogP contribution in [-0.4, -0.2) is 50.0 Å². The number of hydrogen-bond acceptors (Lipinski definition) is 5. The first-order chi connectivity index (χ1) is 21.0. The zero-order valence-electron chi connectivity index (χ0n) is 25.5. The Balaban J connectivity index is 1.68. The van der Waals surface area contributed by atoms with Crippen molar-refractivity contribution in [3.63, 3.8) is 0 Å². The zero-order chi connectivity index (χ0) is 31.7. The Hall–Kier alpha value is -4.63. The molecule has 1 N–H and O–H groups in total. The van der Waals surface area contributed by atoms with Gasteiger partial charge in [0, 0.05) is 19.0 Å². The lowest BCUT2D eigenvalue weighted by Gasteiger charge is -2.34. The van der Waals surface area contributed by atoms with Crippen molar-refractivity contribution in [3.8, 4) is 11.5 Å². The van der Waals surface area contributed by atoms with Crippen molar-refractivity contribution in [2.75, 3.05) is 17.1 Å². The fraction of sp³-hybridized carbons (Fsp3) is 0.257. The van der Waals surface area contributed by atoms with Crippen molar-refractivity contribution >= 4 is 27.5 Å². The molecule has 0 aliphatic carbocycles. The number of anilines is 1. The molecule has 0 saturated carbocycles. The lowest BCUT2D eigenvalue weighted by molar-refractivity contribution is -0.140. The second kappa shape index (κ2) is 14.7. The first-order valence-electron chi connectivity index (χ1n) is 14.5. The van der Waals surface area contributed by atoms with Crippen molar-refractivity contribution in [2.45, 2.75) is 45.8 Å². The summed E-state index contributed by atoms with van der Waals surface area (Å²) in [6, 6.07) is 31.9. The fourth-order valence-corrected chi connectivity index (χ4v) is 5.67. The molecule has 8 nitrogen and oxygen atoms in total. The largest absolute Gasteiger partial charge is 0.457 e. The first-order valence-corrected chi connectivity index (χ1v) is 16.3.